The van der Waals surface area contributed by atoms with Crippen molar-refractivity contribution in [2.45, 2.75) is 77.0 Å². The van der Waals surface area contributed by atoms with Gasteiger partial charge in [-0.25, -0.2) is 0 Å². The van der Waals surface area contributed by atoms with E-state index in [2.05, 4.69) is 5.32 Å². The van der Waals surface area contributed by atoms with Crippen molar-refractivity contribution in [1.29, 1.82) is 0 Å². The van der Waals surface area contributed by atoms with Gasteiger partial charge in [0.05, 0.1) is 24.9 Å². The van der Waals surface area contributed by atoms with Crippen molar-refractivity contribution >= 4 is 22.9 Å². The highest BCUT2D eigenvalue weighted by Crippen LogP contribution is 2.35. The molecule has 1 atom stereocenters. The summed E-state index contributed by atoms with van der Waals surface area (Å²) in [6, 6.07) is 7.50. The predicted octanol–water partition coefficient (Wildman–Crippen LogP) is 4.39. The Morgan fingerprint density at radius 1 is 1.23 bits per heavy atom. The van der Waals surface area contributed by atoms with Crippen LogP contribution in [0.5, 0.6) is 0 Å². The zero-order valence-electron chi connectivity index (χ0n) is 18.1. The third-order valence-corrected chi connectivity index (χ3v) is 6.81. The summed E-state index contributed by atoms with van der Waals surface area (Å²) < 4.78 is 13.2. The van der Waals surface area contributed by atoms with E-state index < -0.39 is 5.54 Å². The van der Waals surface area contributed by atoms with Gasteiger partial charge >= 0.3 is 0 Å². The lowest BCUT2D eigenvalue weighted by Gasteiger charge is -2.44. The van der Waals surface area contributed by atoms with Gasteiger partial charge < -0.3 is 23.6 Å². The molecule has 0 unspecified atom stereocenters. The number of fused-ring (bicyclic) bond motifs is 3. The number of carbonyl (C=O) groups excluding carboxylic acids is 2. The molecular weight excluding hydrogens is 394 g/mol. The highest BCUT2D eigenvalue weighted by molar-refractivity contribution is 6.03. The number of rotatable bonds is 4. The molecule has 0 spiro atoms. The van der Waals surface area contributed by atoms with Crippen LogP contribution >= 0.6 is 0 Å². The molecule has 0 bridgehead atoms. The van der Waals surface area contributed by atoms with Gasteiger partial charge in [-0.05, 0) is 38.8 Å². The quantitative estimate of drug-likeness (QED) is 0.631. The normalized spacial score (nSPS) is 22.5. The second-order valence-electron chi connectivity index (χ2n) is 9.13. The zero-order valence-corrected chi connectivity index (χ0v) is 18.1. The van der Waals surface area contributed by atoms with Gasteiger partial charge in [0, 0.05) is 18.2 Å². The molecule has 1 N–H and O–H groups in total. The number of furan rings is 2. The SMILES string of the molecule is Cc1cc2c(cc3n2C[C@](C)(C(=O)NC2CCCCCC2)N(Cc2ccco2)C3=O)o1. The molecule has 7 nitrogen and oxygen atoms in total. The minimum atomic E-state index is -1.04. The van der Waals surface area contributed by atoms with Gasteiger partial charge in [-0.3, -0.25) is 9.59 Å². The molecule has 1 fully saturated rings. The summed E-state index contributed by atoms with van der Waals surface area (Å²) in [5, 5.41) is 3.28. The number of amides is 2. The number of carbonyl (C=O) groups is 2. The summed E-state index contributed by atoms with van der Waals surface area (Å²) in [6.45, 7) is 4.36. The standard InChI is InChI=1S/C24H29N3O4/c1-16-12-19-21(31-16)13-20-22(28)27(14-18-10-7-11-30-18)24(2,15-26(19)20)23(29)25-17-8-5-3-4-6-9-17/h7,10-13,17H,3-6,8-9,14-15H2,1-2H3,(H,25,29)/t24-/m1/s1. The molecule has 0 radical (unpaired) electrons. The zero-order chi connectivity index (χ0) is 21.6. The Kier molecular flexibility index (Phi) is 4.91. The highest BCUT2D eigenvalue weighted by Gasteiger charge is 2.48. The maximum absolute atomic E-state index is 13.7. The summed E-state index contributed by atoms with van der Waals surface area (Å²) in [5.74, 6) is 1.15. The second kappa shape index (κ2) is 7.62. The molecule has 31 heavy (non-hydrogen) atoms. The fraction of sp³-hybridized carbons (Fsp3) is 0.500. The molecule has 0 aromatic carbocycles. The van der Waals surface area contributed by atoms with Crippen LogP contribution < -0.4 is 5.32 Å². The fourth-order valence-electron chi connectivity index (χ4n) is 5.03. The van der Waals surface area contributed by atoms with E-state index in [0.29, 0.717) is 23.6 Å². The molecule has 1 saturated carbocycles. The van der Waals surface area contributed by atoms with Crippen LogP contribution in [0.25, 0.3) is 11.1 Å². The number of hydrogen-bond acceptors (Lipinski definition) is 4. The number of aryl methyl sites for hydroxylation is 1. The Balaban J connectivity index is 1.52. The van der Waals surface area contributed by atoms with E-state index in [0.717, 1.165) is 37.0 Å². The van der Waals surface area contributed by atoms with Crippen molar-refractivity contribution in [3.63, 3.8) is 0 Å². The monoisotopic (exact) mass is 423 g/mol. The second-order valence-corrected chi connectivity index (χ2v) is 9.13. The van der Waals surface area contributed by atoms with E-state index in [1.54, 1.807) is 23.3 Å². The van der Waals surface area contributed by atoms with Crippen molar-refractivity contribution in [2.24, 2.45) is 0 Å². The lowest BCUT2D eigenvalue weighted by atomic mass is 9.93. The summed E-state index contributed by atoms with van der Waals surface area (Å²) in [6.07, 6.45) is 8.28. The van der Waals surface area contributed by atoms with Gasteiger partial charge in [-0.1, -0.05) is 25.7 Å². The van der Waals surface area contributed by atoms with Crippen LogP contribution in [0.15, 0.2) is 39.4 Å². The smallest absolute Gasteiger partial charge is 0.272 e. The van der Waals surface area contributed by atoms with Crippen molar-refractivity contribution in [3.05, 3.63) is 47.7 Å². The van der Waals surface area contributed by atoms with Crippen LogP contribution in [-0.2, 0) is 17.9 Å². The topological polar surface area (TPSA) is 80.6 Å². The van der Waals surface area contributed by atoms with E-state index >= 15 is 0 Å². The third kappa shape index (κ3) is 3.46. The van der Waals surface area contributed by atoms with Gasteiger partial charge in [0.15, 0.2) is 5.58 Å². The number of nitrogens with one attached hydrogen (secondary N) is 1. The first-order chi connectivity index (χ1) is 15.0. The lowest BCUT2D eigenvalue weighted by molar-refractivity contribution is -0.134. The van der Waals surface area contributed by atoms with Crippen LogP contribution in [0.3, 0.4) is 0 Å². The Bertz CT molecular complexity index is 1100. The summed E-state index contributed by atoms with van der Waals surface area (Å²) >= 11 is 0. The molecule has 0 saturated heterocycles. The van der Waals surface area contributed by atoms with E-state index in [-0.39, 0.29) is 24.4 Å². The van der Waals surface area contributed by atoms with Crippen LogP contribution in [0.4, 0.5) is 0 Å². The van der Waals surface area contributed by atoms with E-state index in [1.807, 2.05) is 30.5 Å². The molecule has 1 aliphatic carbocycles. The Labute approximate surface area is 181 Å². The van der Waals surface area contributed by atoms with Gasteiger partial charge in [-0.15, -0.1) is 0 Å². The molecule has 1 aliphatic heterocycles. The lowest BCUT2D eigenvalue weighted by Crippen LogP contribution is -2.64. The van der Waals surface area contributed by atoms with Gasteiger partial charge in [0.2, 0.25) is 5.91 Å². The number of nitrogens with zero attached hydrogens (tertiary/aromatic N) is 2. The average molecular weight is 424 g/mol. The fourth-order valence-corrected chi connectivity index (χ4v) is 5.03. The first-order valence-corrected chi connectivity index (χ1v) is 11.2. The third-order valence-electron chi connectivity index (χ3n) is 6.81. The van der Waals surface area contributed by atoms with Crippen LogP contribution in [0, 0.1) is 6.92 Å². The molecule has 7 heteroatoms. The molecule has 2 amide bonds. The van der Waals surface area contributed by atoms with Crippen molar-refractivity contribution in [2.75, 3.05) is 0 Å². The largest absolute Gasteiger partial charge is 0.467 e. The minimum Gasteiger partial charge on any atom is -0.467 e. The summed E-state index contributed by atoms with van der Waals surface area (Å²) in [7, 11) is 0. The van der Waals surface area contributed by atoms with E-state index in [1.165, 1.54) is 12.8 Å². The average Bonchev–Trinajstić information content (AvgIpc) is 3.39. The van der Waals surface area contributed by atoms with Crippen LogP contribution in [0.1, 0.15) is 67.5 Å². The predicted molar refractivity (Wildman–Crippen MR) is 116 cm³/mol. The molecule has 164 valence electrons. The molecule has 3 aromatic rings. The van der Waals surface area contributed by atoms with Gasteiger partial charge in [0.1, 0.15) is 22.8 Å². The van der Waals surface area contributed by atoms with Crippen molar-refractivity contribution in [3.8, 4) is 0 Å². The maximum atomic E-state index is 13.7. The number of hydrogen-bond donors (Lipinski definition) is 1. The van der Waals surface area contributed by atoms with Crippen LogP contribution in [-0.4, -0.2) is 32.9 Å². The number of aromatic nitrogens is 1. The van der Waals surface area contributed by atoms with Gasteiger partial charge in [-0.2, -0.15) is 0 Å². The summed E-state index contributed by atoms with van der Waals surface area (Å²) in [5.41, 5.74) is 1.03. The van der Waals surface area contributed by atoms with Crippen LogP contribution in [0.2, 0.25) is 0 Å². The van der Waals surface area contributed by atoms with Crippen molar-refractivity contribution < 1.29 is 18.4 Å². The molecule has 5 rings (SSSR count). The molecule has 2 aliphatic rings. The maximum Gasteiger partial charge on any atom is 0.272 e. The van der Waals surface area contributed by atoms with E-state index in [9.17, 15) is 9.59 Å². The Morgan fingerprint density at radius 2 is 2.00 bits per heavy atom. The summed E-state index contributed by atoms with van der Waals surface area (Å²) in [4.78, 5) is 28.9. The molecule has 3 aromatic heterocycles. The molecular formula is C24H29N3O4. The Hall–Kier alpha value is -2.96. The minimum absolute atomic E-state index is 0.105. The van der Waals surface area contributed by atoms with E-state index in [4.69, 9.17) is 8.83 Å². The highest BCUT2D eigenvalue weighted by atomic mass is 16.3. The first-order valence-electron chi connectivity index (χ1n) is 11.2. The first kappa shape index (κ1) is 20.0. The molecule has 4 heterocycles. The Morgan fingerprint density at radius 3 is 2.71 bits per heavy atom. The van der Waals surface area contributed by atoms with Gasteiger partial charge in [0.25, 0.3) is 5.91 Å². The van der Waals surface area contributed by atoms with Crippen molar-refractivity contribution in [1.82, 2.24) is 14.8 Å².